The molecule has 0 aliphatic carbocycles. The van der Waals surface area contributed by atoms with Crippen molar-refractivity contribution in [3.05, 3.63) is 54.1 Å². The molecule has 0 fully saturated rings. The average Bonchev–Trinajstić information content (AvgIpc) is 2.89. The third kappa shape index (κ3) is 5.62. The van der Waals surface area contributed by atoms with Crippen molar-refractivity contribution < 1.29 is 19.2 Å². The van der Waals surface area contributed by atoms with Crippen molar-refractivity contribution in [2.24, 2.45) is 5.10 Å². The van der Waals surface area contributed by atoms with E-state index in [1.54, 1.807) is 6.92 Å². The Balaban J connectivity index is 2.00. The maximum absolute atomic E-state index is 11.9. The fourth-order valence-electron chi connectivity index (χ4n) is 1.96. The number of benzene rings is 1. The van der Waals surface area contributed by atoms with Crippen LogP contribution in [0, 0.1) is 10.1 Å². The minimum absolute atomic E-state index is 0.0207. The van der Waals surface area contributed by atoms with Crippen LogP contribution in [-0.2, 0) is 16.1 Å². The van der Waals surface area contributed by atoms with Crippen LogP contribution >= 0.6 is 22.9 Å². The number of nitro benzene ring substituents is 1. The van der Waals surface area contributed by atoms with Crippen LogP contribution in [0.15, 0.2) is 34.2 Å². The van der Waals surface area contributed by atoms with E-state index < -0.39 is 21.8 Å². The molecule has 28 heavy (non-hydrogen) atoms. The Labute approximate surface area is 166 Å². The zero-order valence-electron chi connectivity index (χ0n) is 14.4. The van der Waals surface area contributed by atoms with E-state index in [9.17, 15) is 24.5 Å². The molecule has 1 aromatic carbocycles. The Bertz CT molecular complexity index is 986. The molecule has 0 spiro atoms. The van der Waals surface area contributed by atoms with Crippen LogP contribution in [0.5, 0.6) is 0 Å². The van der Waals surface area contributed by atoms with E-state index >= 15 is 0 Å². The zero-order chi connectivity index (χ0) is 20.7. The largest absolute Gasteiger partial charge is 0.465 e. The minimum atomic E-state index is -0.758. The number of hydrazone groups is 1. The smallest absolute Gasteiger partial charge is 0.339 e. The molecule has 2 amide bonds. The van der Waals surface area contributed by atoms with Crippen LogP contribution in [-0.4, -0.2) is 34.3 Å². The molecule has 2 rings (SSSR count). The molecule has 0 aliphatic rings. The summed E-state index contributed by atoms with van der Waals surface area (Å²) in [5.74, 6) is -0.609. The molecule has 0 aliphatic heterocycles. The van der Waals surface area contributed by atoms with Gasteiger partial charge in [0.15, 0.2) is 0 Å². The Morgan fingerprint density at radius 2 is 2.21 bits per heavy atom. The number of nitro groups is 1. The second kappa shape index (κ2) is 9.62. The second-order valence-electron chi connectivity index (χ2n) is 5.05. The number of nitrogens with zero attached hydrogens (tertiary/aromatic N) is 3. The summed E-state index contributed by atoms with van der Waals surface area (Å²) in [5, 5.41) is 16.7. The summed E-state index contributed by atoms with van der Waals surface area (Å²) in [6.45, 7) is 1.47. The van der Waals surface area contributed by atoms with E-state index in [1.807, 2.05) is 0 Å². The molecule has 0 bridgehead atoms. The Hall–Kier alpha value is -3.25. The number of hydrogen-bond donors (Lipinski definition) is 2. The van der Waals surface area contributed by atoms with Crippen molar-refractivity contribution in [1.29, 1.82) is 0 Å². The molecule has 0 saturated heterocycles. The topological polar surface area (TPSA) is 145 Å². The first-order chi connectivity index (χ1) is 13.3. The van der Waals surface area contributed by atoms with Crippen LogP contribution in [0.2, 0.25) is 5.15 Å². The van der Waals surface area contributed by atoms with Gasteiger partial charge in [0.05, 0.1) is 22.6 Å². The molecule has 1 heterocycles. The van der Waals surface area contributed by atoms with Gasteiger partial charge < -0.3 is 10.1 Å². The third-order valence-corrected chi connectivity index (χ3v) is 4.55. The van der Waals surface area contributed by atoms with Crippen LogP contribution in [0.25, 0.3) is 0 Å². The number of amides is 2. The van der Waals surface area contributed by atoms with Crippen molar-refractivity contribution in [2.45, 2.75) is 13.5 Å². The summed E-state index contributed by atoms with van der Waals surface area (Å²) in [5.41, 5.74) is 2.16. The number of anilines is 1. The van der Waals surface area contributed by atoms with Gasteiger partial charge >= 0.3 is 16.9 Å². The van der Waals surface area contributed by atoms with Crippen LogP contribution in [0.1, 0.15) is 11.8 Å². The molecule has 2 N–H and O–H groups in total. The lowest BCUT2D eigenvalue weighted by Gasteiger charge is -2.04. The Morgan fingerprint density at radius 3 is 2.89 bits per heavy atom. The summed E-state index contributed by atoms with van der Waals surface area (Å²) in [6.07, 6.45) is 1.14. The van der Waals surface area contributed by atoms with Gasteiger partial charge in [0, 0.05) is 17.8 Å². The normalized spacial score (nSPS) is 10.6. The highest BCUT2D eigenvalue weighted by Gasteiger charge is 2.15. The number of ether oxygens (including phenoxy) is 1. The maximum Gasteiger partial charge on any atom is 0.339 e. The van der Waals surface area contributed by atoms with Gasteiger partial charge in [-0.05, 0) is 13.0 Å². The standard InChI is InChI=1S/C15H14ClN5O6S/c1-2-27-12(22)8-20-13(16)11(28-15(20)24)7-17-19-14(23)18-9-4-3-5-10(6-9)21(25)26/h3-7H,2,8H2,1H3,(H2,18,19,23)/b17-7+. The lowest BCUT2D eigenvalue weighted by atomic mass is 10.3. The molecular weight excluding hydrogens is 414 g/mol. The van der Waals surface area contributed by atoms with Crippen molar-refractivity contribution in [3.8, 4) is 0 Å². The van der Waals surface area contributed by atoms with Gasteiger partial charge in [-0.2, -0.15) is 5.10 Å². The predicted molar refractivity (Wildman–Crippen MR) is 103 cm³/mol. The number of halogens is 1. The number of thiazole rings is 1. The summed E-state index contributed by atoms with van der Waals surface area (Å²) in [4.78, 5) is 45.1. The second-order valence-corrected chi connectivity index (χ2v) is 6.40. The minimum Gasteiger partial charge on any atom is -0.465 e. The summed E-state index contributed by atoms with van der Waals surface area (Å²) < 4.78 is 5.79. The maximum atomic E-state index is 11.9. The Kier molecular flexibility index (Phi) is 7.23. The number of aromatic nitrogens is 1. The monoisotopic (exact) mass is 427 g/mol. The van der Waals surface area contributed by atoms with Crippen LogP contribution < -0.4 is 15.6 Å². The van der Waals surface area contributed by atoms with Crippen LogP contribution in [0.3, 0.4) is 0 Å². The first-order valence-electron chi connectivity index (χ1n) is 7.71. The number of urea groups is 1. The quantitative estimate of drug-likeness (QED) is 0.300. The van der Waals surface area contributed by atoms with Gasteiger partial charge in [0.25, 0.3) is 5.69 Å². The number of esters is 1. The molecule has 2 aromatic rings. The number of carbonyl (C=O) groups is 2. The number of non-ortho nitro benzene ring substituents is 1. The molecule has 0 atom stereocenters. The summed E-state index contributed by atoms with van der Waals surface area (Å²) in [7, 11) is 0. The van der Waals surface area contributed by atoms with E-state index in [-0.39, 0.29) is 34.6 Å². The average molecular weight is 428 g/mol. The van der Waals surface area contributed by atoms with Crippen molar-refractivity contribution >= 4 is 52.5 Å². The zero-order valence-corrected chi connectivity index (χ0v) is 16.0. The summed E-state index contributed by atoms with van der Waals surface area (Å²) in [6, 6.07) is 4.59. The lowest BCUT2D eigenvalue weighted by molar-refractivity contribution is -0.384. The SMILES string of the molecule is CCOC(=O)Cn1c(Cl)c(/C=N/NC(=O)Nc2cccc([N+](=O)[O-])c2)sc1=O. The fourth-order valence-corrected chi connectivity index (χ4v) is 3.06. The first-order valence-corrected chi connectivity index (χ1v) is 8.90. The molecule has 148 valence electrons. The van der Waals surface area contributed by atoms with Gasteiger partial charge in [-0.1, -0.05) is 29.0 Å². The number of rotatable bonds is 7. The number of hydrogen-bond acceptors (Lipinski definition) is 8. The van der Waals surface area contributed by atoms with E-state index in [4.69, 9.17) is 16.3 Å². The molecule has 11 nitrogen and oxygen atoms in total. The molecule has 0 radical (unpaired) electrons. The summed E-state index contributed by atoms with van der Waals surface area (Å²) >= 11 is 6.78. The van der Waals surface area contributed by atoms with Gasteiger partial charge in [-0.25, -0.2) is 10.2 Å². The fraction of sp³-hybridized carbons (Fsp3) is 0.200. The highest BCUT2D eigenvalue weighted by atomic mass is 35.5. The van der Waals surface area contributed by atoms with Gasteiger partial charge in [0.2, 0.25) is 0 Å². The highest BCUT2D eigenvalue weighted by molar-refractivity contribution is 7.11. The first kappa shape index (κ1) is 21.1. The van der Waals surface area contributed by atoms with Crippen molar-refractivity contribution in [1.82, 2.24) is 9.99 Å². The van der Waals surface area contributed by atoms with Crippen molar-refractivity contribution in [3.63, 3.8) is 0 Å². The molecular formula is C15H14ClN5O6S. The van der Waals surface area contributed by atoms with Crippen LogP contribution in [0.4, 0.5) is 16.2 Å². The third-order valence-electron chi connectivity index (χ3n) is 3.11. The van der Waals surface area contributed by atoms with E-state index in [0.717, 1.165) is 22.1 Å². The Morgan fingerprint density at radius 1 is 1.46 bits per heavy atom. The molecule has 1 aromatic heterocycles. The van der Waals surface area contributed by atoms with E-state index in [2.05, 4.69) is 15.8 Å². The van der Waals surface area contributed by atoms with E-state index in [1.165, 1.54) is 24.3 Å². The highest BCUT2D eigenvalue weighted by Crippen LogP contribution is 2.18. The van der Waals surface area contributed by atoms with Crippen molar-refractivity contribution in [2.75, 3.05) is 11.9 Å². The van der Waals surface area contributed by atoms with E-state index in [0.29, 0.717) is 0 Å². The molecule has 13 heteroatoms. The predicted octanol–water partition coefficient (Wildman–Crippen LogP) is 2.19. The van der Waals surface area contributed by atoms with Gasteiger partial charge in [0.1, 0.15) is 11.7 Å². The molecule has 0 saturated carbocycles. The van der Waals surface area contributed by atoms with Gasteiger partial charge in [-0.3, -0.25) is 24.3 Å². The number of carbonyl (C=O) groups excluding carboxylic acids is 2. The molecule has 0 unspecified atom stereocenters. The van der Waals surface area contributed by atoms with Gasteiger partial charge in [-0.15, -0.1) is 0 Å². The lowest BCUT2D eigenvalue weighted by Crippen LogP contribution is -2.24. The number of nitrogens with one attached hydrogen (secondary N) is 2.